The minimum absolute atomic E-state index is 0.0415. The van der Waals surface area contributed by atoms with Gasteiger partial charge >= 0.3 is 5.69 Å². The van der Waals surface area contributed by atoms with Crippen molar-refractivity contribution >= 4 is 15.7 Å². The Balaban J connectivity index is 2.56. The summed E-state index contributed by atoms with van der Waals surface area (Å²) in [6.07, 6.45) is 0. The summed E-state index contributed by atoms with van der Waals surface area (Å²) in [5, 5.41) is 10.1. The van der Waals surface area contributed by atoms with Crippen molar-refractivity contribution in [2.24, 2.45) is 7.05 Å². The second kappa shape index (κ2) is 7.84. The molecule has 1 aromatic carbocycles. The predicted molar refractivity (Wildman–Crippen MR) is 100 cm³/mol. The van der Waals surface area contributed by atoms with Gasteiger partial charge in [0, 0.05) is 18.0 Å². The predicted octanol–water partition coefficient (Wildman–Crippen LogP) is 0.198. The molecule has 2 aromatic rings. The molecule has 1 heterocycles. The van der Waals surface area contributed by atoms with Gasteiger partial charge in [0.25, 0.3) is 15.6 Å². The largest absolute Gasteiger partial charge is 0.508 e. The topological polar surface area (TPSA) is 120 Å². The summed E-state index contributed by atoms with van der Waals surface area (Å²) in [4.78, 5) is 24.7. The Hall–Kier alpha value is -3.45. The number of aromatic hydroxyl groups is 1. The Kier molecular flexibility index (Phi) is 5.77. The van der Waals surface area contributed by atoms with E-state index in [1.807, 2.05) is 4.72 Å². The summed E-state index contributed by atoms with van der Waals surface area (Å²) in [7, 11) is -1.60. The Bertz CT molecular complexity index is 1170. The minimum atomic E-state index is -4.00. The summed E-state index contributed by atoms with van der Waals surface area (Å²) in [6, 6.07) is 6.21. The van der Waals surface area contributed by atoms with Crippen LogP contribution in [0.15, 0.2) is 45.8 Å². The number of sulfonamides is 1. The number of aromatic nitrogens is 2. The zero-order valence-electron chi connectivity index (χ0n) is 14.6. The third-order valence-corrected chi connectivity index (χ3v) is 4.40. The minimum Gasteiger partial charge on any atom is -0.508 e. The summed E-state index contributed by atoms with van der Waals surface area (Å²) >= 11 is 0. The molecule has 1 aromatic heterocycles. The van der Waals surface area contributed by atoms with Gasteiger partial charge in [-0.25, -0.2) is 13.2 Å². The number of anilines is 1. The summed E-state index contributed by atoms with van der Waals surface area (Å²) in [5.41, 5.74) is -1.53. The highest BCUT2D eigenvalue weighted by atomic mass is 32.2. The molecule has 0 aliphatic carbocycles. The summed E-state index contributed by atoms with van der Waals surface area (Å²) in [5.74, 6) is 5.24. The van der Waals surface area contributed by atoms with Gasteiger partial charge in [-0.2, -0.15) is 0 Å². The van der Waals surface area contributed by atoms with Gasteiger partial charge in [0.15, 0.2) is 5.69 Å². The second-order valence-corrected chi connectivity index (χ2v) is 6.91. The van der Waals surface area contributed by atoms with Crippen molar-refractivity contribution in [2.75, 3.05) is 11.8 Å². The molecule has 0 saturated carbocycles. The molecular formula is C17H17N3O6S. The lowest BCUT2D eigenvalue weighted by atomic mass is 10.2. The van der Waals surface area contributed by atoms with E-state index in [4.69, 9.17) is 4.74 Å². The lowest BCUT2D eigenvalue weighted by Gasteiger charge is -2.15. The maximum atomic E-state index is 12.4. The normalized spacial score (nSPS) is 10.6. The number of phenolic OH excluding ortho intramolecular Hbond substituents is 1. The molecule has 0 atom stereocenters. The smallest absolute Gasteiger partial charge is 0.334 e. The molecule has 2 rings (SSSR count). The maximum Gasteiger partial charge on any atom is 0.334 e. The van der Waals surface area contributed by atoms with Crippen LogP contribution in [0.25, 0.3) is 0 Å². The van der Waals surface area contributed by atoms with Gasteiger partial charge in [0.1, 0.15) is 5.75 Å². The monoisotopic (exact) mass is 391 g/mol. The van der Waals surface area contributed by atoms with E-state index < -0.39 is 27.0 Å². The van der Waals surface area contributed by atoms with Crippen LogP contribution < -0.4 is 20.7 Å². The van der Waals surface area contributed by atoms with E-state index in [9.17, 15) is 23.1 Å². The van der Waals surface area contributed by atoms with Gasteiger partial charge in [-0.3, -0.25) is 18.7 Å². The average Bonchev–Trinajstić information content (AvgIpc) is 2.63. The van der Waals surface area contributed by atoms with Gasteiger partial charge in [-0.1, -0.05) is 24.5 Å². The Morgan fingerprint density at radius 1 is 1.37 bits per heavy atom. The zero-order valence-corrected chi connectivity index (χ0v) is 15.4. The van der Waals surface area contributed by atoms with E-state index in [1.165, 1.54) is 26.3 Å². The van der Waals surface area contributed by atoms with Gasteiger partial charge in [-0.15, -0.1) is 0 Å². The molecule has 0 fully saturated rings. The van der Waals surface area contributed by atoms with Crippen molar-refractivity contribution in [1.29, 1.82) is 0 Å². The van der Waals surface area contributed by atoms with Crippen molar-refractivity contribution in [3.8, 4) is 23.5 Å². The van der Waals surface area contributed by atoms with E-state index in [0.29, 0.717) is 11.0 Å². The molecule has 0 aliphatic heterocycles. The number of nitrogens with one attached hydrogen (secondary N) is 1. The fourth-order valence-electron chi connectivity index (χ4n) is 2.18. The molecule has 142 valence electrons. The highest BCUT2D eigenvalue weighted by Crippen LogP contribution is 2.19. The molecule has 0 bridgehead atoms. The van der Waals surface area contributed by atoms with Gasteiger partial charge < -0.3 is 9.84 Å². The standard InChI is InChI=1S/C17H17N3O6S/c1-4-27(24,25)18-14-15(22)19(2)17(23)20(16(14)26-3)10-6-8-12-7-5-9-13(21)11-12/h4-5,7,9,11,18,21H,1,10H2,2-3H3. The van der Waals surface area contributed by atoms with Crippen molar-refractivity contribution in [3.63, 3.8) is 0 Å². The lowest BCUT2D eigenvalue weighted by Crippen LogP contribution is -2.40. The molecule has 2 N–H and O–H groups in total. The second-order valence-electron chi connectivity index (χ2n) is 5.28. The third kappa shape index (κ3) is 4.39. The average molecular weight is 391 g/mol. The first kappa shape index (κ1) is 19.9. The van der Waals surface area contributed by atoms with Crippen LogP contribution >= 0.6 is 0 Å². The number of methoxy groups -OCH3 is 1. The highest BCUT2D eigenvalue weighted by molar-refractivity contribution is 7.95. The summed E-state index contributed by atoms with van der Waals surface area (Å²) < 4.78 is 32.4. The van der Waals surface area contributed by atoms with Crippen molar-refractivity contribution < 1.29 is 18.3 Å². The van der Waals surface area contributed by atoms with Crippen LogP contribution in [0.1, 0.15) is 5.56 Å². The van der Waals surface area contributed by atoms with Crippen molar-refractivity contribution in [1.82, 2.24) is 9.13 Å². The first-order valence-electron chi connectivity index (χ1n) is 7.51. The Morgan fingerprint density at radius 3 is 2.67 bits per heavy atom. The van der Waals surface area contributed by atoms with E-state index >= 15 is 0 Å². The number of benzene rings is 1. The van der Waals surface area contributed by atoms with E-state index in [0.717, 1.165) is 9.13 Å². The molecule has 10 heteroatoms. The summed E-state index contributed by atoms with van der Waals surface area (Å²) in [6.45, 7) is 2.97. The number of hydrogen-bond acceptors (Lipinski definition) is 6. The number of hydrogen-bond donors (Lipinski definition) is 2. The molecule has 0 saturated heterocycles. The van der Waals surface area contributed by atoms with Crippen molar-refractivity contribution in [2.45, 2.75) is 6.54 Å². The Labute approximate surface area is 155 Å². The quantitative estimate of drug-likeness (QED) is 0.703. The first-order chi connectivity index (χ1) is 12.7. The van der Waals surface area contributed by atoms with Crippen LogP contribution in [0.2, 0.25) is 0 Å². The molecule has 0 spiro atoms. The molecule has 27 heavy (non-hydrogen) atoms. The maximum absolute atomic E-state index is 12.4. The van der Waals surface area contributed by atoms with Gasteiger partial charge in [0.05, 0.1) is 13.7 Å². The SMILES string of the molecule is C=CS(=O)(=O)Nc1c(OC)n(CC#Cc2cccc(O)c2)c(=O)n(C)c1=O. The molecule has 0 radical (unpaired) electrons. The third-order valence-electron chi connectivity index (χ3n) is 3.47. The van der Waals surface area contributed by atoms with E-state index in [1.54, 1.807) is 12.1 Å². The van der Waals surface area contributed by atoms with E-state index in [-0.39, 0.29) is 18.2 Å². The fourth-order valence-corrected chi connectivity index (χ4v) is 2.72. The Morgan fingerprint density at radius 2 is 2.07 bits per heavy atom. The molecule has 0 aliphatic rings. The fraction of sp³-hybridized carbons (Fsp3) is 0.176. The molecule has 0 unspecified atom stereocenters. The van der Waals surface area contributed by atoms with Crippen LogP contribution in [0.5, 0.6) is 11.6 Å². The van der Waals surface area contributed by atoms with Crippen LogP contribution in [-0.4, -0.2) is 29.8 Å². The van der Waals surface area contributed by atoms with E-state index in [2.05, 4.69) is 18.4 Å². The first-order valence-corrected chi connectivity index (χ1v) is 9.05. The molecule has 0 amide bonds. The molecular weight excluding hydrogens is 374 g/mol. The van der Waals surface area contributed by atoms with Crippen LogP contribution in [0.3, 0.4) is 0 Å². The van der Waals surface area contributed by atoms with Crippen LogP contribution in [-0.2, 0) is 23.6 Å². The van der Waals surface area contributed by atoms with Crippen LogP contribution in [0, 0.1) is 11.8 Å². The van der Waals surface area contributed by atoms with Gasteiger partial charge in [0.2, 0.25) is 5.88 Å². The van der Waals surface area contributed by atoms with Gasteiger partial charge in [-0.05, 0) is 18.2 Å². The lowest BCUT2D eigenvalue weighted by molar-refractivity contribution is 0.367. The van der Waals surface area contributed by atoms with Crippen molar-refractivity contribution in [3.05, 3.63) is 62.7 Å². The zero-order chi connectivity index (χ0) is 20.2. The number of ether oxygens (including phenoxy) is 1. The number of rotatable bonds is 5. The number of nitrogens with zero attached hydrogens (tertiary/aromatic N) is 2. The molecule has 9 nitrogen and oxygen atoms in total. The van der Waals surface area contributed by atoms with Crippen LogP contribution in [0.4, 0.5) is 5.69 Å². The number of phenols is 1. The highest BCUT2D eigenvalue weighted by Gasteiger charge is 2.21.